The first kappa shape index (κ1) is 20.9. The fourth-order valence-electron chi connectivity index (χ4n) is 3.68. The van der Waals surface area contributed by atoms with E-state index in [2.05, 4.69) is 5.32 Å². The van der Waals surface area contributed by atoms with Crippen molar-refractivity contribution in [3.8, 4) is 0 Å². The van der Waals surface area contributed by atoms with Crippen molar-refractivity contribution in [2.24, 2.45) is 5.92 Å². The third kappa shape index (κ3) is 3.81. The highest BCUT2D eigenvalue weighted by Gasteiger charge is 2.48. The van der Waals surface area contributed by atoms with Gasteiger partial charge in [0.1, 0.15) is 0 Å². The van der Waals surface area contributed by atoms with E-state index in [0.29, 0.717) is 18.4 Å². The van der Waals surface area contributed by atoms with E-state index >= 15 is 0 Å². The van der Waals surface area contributed by atoms with Crippen LogP contribution in [-0.2, 0) is 9.59 Å². The number of carbonyl (C=O) groups excluding carboxylic acids is 2. The maximum atomic E-state index is 12.8. The van der Waals surface area contributed by atoms with E-state index in [1.54, 1.807) is 18.2 Å². The minimum absolute atomic E-state index is 0.0230. The lowest BCUT2D eigenvalue weighted by Gasteiger charge is -2.34. The van der Waals surface area contributed by atoms with Crippen molar-refractivity contribution in [1.82, 2.24) is 5.32 Å². The van der Waals surface area contributed by atoms with Gasteiger partial charge < -0.3 is 20.6 Å². The van der Waals surface area contributed by atoms with Crippen LogP contribution in [0.1, 0.15) is 44.6 Å². The number of rotatable bonds is 7. The summed E-state index contributed by atoms with van der Waals surface area (Å²) < 4.78 is 0. The molecule has 1 aromatic rings. The van der Waals surface area contributed by atoms with Gasteiger partial charge >= 0.3 is 6.09 Å². The fraction of sp³-hybridized carbons (Fsp3) is 0.526. The number of aliphatic hydroxyl groups excluding tert-OH is 2. The molecule has 1 atom stereocenters. The zero-order valence-corrected chi connectivity index (χ0v) is 15.5. The highest BCUT2D eigenvalue weighted by Crippen LogP contribution is 2.41. The van der Waals surface area contributed by atoms with Gasteiger partial charge in [0.25, 0.3) is 0 Å². The average molecular weight is 378 g/mol. The van der Waals surface area contributed by atoms with Crippen molar-refractivity contribution in [2.75, 3.05) is 18.1 Å². The summed E-state index contributed by atoms with van der Waals surface area (Å²) in [7, 11) is 0. The first-order chi connectivity index (χ1) is 12.8. The van der Waals surface area contributed by atoms with Gasteiger partial charge in [-0.1, -0.05) is 32.0 Å². The molecule has 1 aliphatic heterocycles. The molecule has 1 unspecified atom stereocenters. The van der Waals surface area contributed by atoms with Crippen molar-refractivity contribution in [3.05, 3.63) is 29.8 Å². The molecule has 0 spiro atoms. The minimum Gasteiger partial charge on any atom is -0.464 e. The van der Waals surface area contributed by atoms with Gasteiger partial charge in [0.2, 0.25) is 11.8 Å². The number of para-hydroxylation sites is 1. The zero-order valence-electron chi connectivity index (χ0n) is 15.5. The third-order valence-corrected chi connectivity index (χ3v) is 5.31. The van der Waals surface area contributed by atoms with Gasteiger partial charge in [0, 0.05) is 18.3 Å². The molecule has 2 rings (SSSR count). The maximum absolute atomic E-state index is 12.8. The molecule has 1 aliphatic rings. The zero-order chi connectivity index (χ0) is 20.2. The van der Waals surface area contributed by atoms with E-state index in [9.17, 15) is 29.7 Å². The lowest BCUT2D eigenvalue weighted by Crippen LogP contribution is -2.52. The van der Waals surface area contributed by atoms with Gasteiger partial charge in [0.05, 0.1) is 24.4 Å². The van der Waals surface area contributed by atoms with E-state index in [-0.39, 0.29) is 18.0 Å². The van der Waals surface area contributed by atoms with Gasteiger partial charge in [-0.15, -0.1) is 0 Å². The lowest BCUT2D eigenvalue weighted by molar-refractivity contribution is -0.122. The van der Waals surface area contributed by atoms with Crippen molar-refractivity contribution < 1.29 is 29.7 Å². The number of imide groups is 1. The second-order valence-corrected chi connectivity index (χ2v) is 6.81. The number of amides is 3. The van der Waals surface area contributed by atoms with E-state index in [0.717, 1.165) is 4.90 Å². The Kier molecular flexibility index (Phi) is 6.56. The van der Waals surface area contributed by atoms with Crippen LogP contribution in [0.4, 0.5) is 10.5 Å². The number of carbonyl (C=O) groups is 3. The Hall–Kier alpha value is -2.45. The summed E-state index contributed by atoms with van der Waals surface area (Å²) in [5.74, 6) is -2.01. The Bertz CT molecular complexity index is 712. The van der Waals surface area contributed by atoms with E-state index in [1.165, 1.54) is 6.07 Å². The molecular weight excluding hydrogens is 352 g/mol. The highest BCUT2D eigenvalue weighted by atomic mass is 16.4. The SMILES string of the molecule is CCC(CC)C(=O)N(C(=O)O)c1ccccc1C1CC(=O)NC1(CO)CO. The fourth-order valence-corrected chi connectivity index (χ4v) is 3.68. The van der Waals surface area contributed by atoms with Gasteiger partial charge in [-0.3, -0.25) is 9.59 Å². The molecule has 0 bridgehead atoms. The summed E-state index contributed by atoms with van der Waals surface area (Å²) in [5, 5.41) is 31.9. The predicted octanol–water partition coefficient (Wildman–Crippen LogP) is 1.46. The summed E-state index contributed by atoms with van der Waals surface area (Å²) >= 11 is 0. The summed E-state index contributed by atoms with van der Waals surface area (Å²) in [6, 6.07) is 6.41. The summed E-state index contributed by atoms with van der Waals surface area (Å²) in [6.45, 7) is 2.61. The molecule has 0 aliphatic carbocycles. The standard InChI is InChI=1S/C19H26N2O6/c1-3-12(4-2)17(25)21(18(26)27)15-8-6-5-7-13(15)14-9-16(24)20-19(14,10-22)11-23/h5-8,12,14,22-23H,3-4,9-11H2,1-2H3,(H,20,24)(H,26,27). The van der Waals surface area contributed by atoms with Gasteiger partial charge in [-0.25, -0.2) is 9.69 Å². The number of benzene rings is 1. The molecule has 1 aromatic carbocycles. The Morgan fingerprint density at radius 2 is 1.81 bits per heavy atom. The average Bonchev–Trinajstić information content (AvgIpc) is 3.00. The summed E-state index contributed by atoms with van der Waals surface area (Å²) in [5.41, 5.74) is -0.745. The first-order valence-electron chi connectivity index (χ1n) is 9.03. The first-order valence-corrected chi connectivity index (χ1v) is 9.03. The monoisotopic (exact) mass is 378 g/mol. The maximum Gasteiger partial charge on any atom is 0.418 e. The molecule has 0 aromatic heterocycles. The molecule has 8 nitrogen and oxygen atoms in total. The number of carboxylic acid groups (broad SMARTS) is 1. The van der Waals surface area contributed by atoms with E-state index in [1.807, 2.05) is 13.8 Å². The molecule has 1 fully saturated rings. The number of aliphatic hydroxyl groups is 2. The summed E-state index contributed by atoms with van der Waals surface area (Å²) in [4.78, 5) is 37.5. The quantitative estimate of drug-likeness (QED) is 0.569. The van der Waals surface area contributed by atoms with E-state index < -0.39 is 42.6 Å². The summed E-state index contributed by atoms with van der Waals surface area (Å²) in [6.07, 6.45) is -0.426. The molecule has 0 saturated carbocycles. The van der Waals surface area contributed by atoms with Crippen molar-refractivity contribution >= 4 is 23.6 Å². The molecule has 148 valence electrons. The van der Waals surface area contributed by atoms with Gasteiger partial charge in [-0.05, 0) is 24.5 Å². The van der Waals surface area contributed by atoms with Crippen LogP contribution in [0.2, 0.25) is 0 Å². The molecule has 4 N–H and O–H groups in total. The molecule has 1 saturated heterocycles. The lowest BCUT2D eigenvalue weighted by atomic mass is 9.80. The van der Waals surface area contributed by atoms with Crippen LogP contribution >= 0.6 is 0 Å². The Balaban J connectivity index is 2.57. The molecular formula is C19H26N2O6. The van der Waals surface area contributed by atoms with Crippen molar-refractivity contribution in [1.29, 1.82) is 0 Å². The van der Waals surface area contributed by atoms with Crippen molar-refractivity contribution in [3.63, 3.8) is 0 Å². The largest absolute Gasteiger partial charge is 0.464 e. The highest BCUT2D eigenvalue weighted by molar-refractivity contribution is 6.13. The van der Waals surface area contributed by atoms with E-state index in [4.69, 9.17) is 0 Å². The van der Waals surface area contributed by atoms with Crippen molar-refractivity contribution in [2.45, 2.75) is 44.6 Å². The second kappa shape index (κ2) is 8.49. The third-order valence-electron chi connectivity index (χ3n) is 5.31. The van der Waals surface area contributed by atoms with Crippen LogP contribution in [-0.4, -0.2) is 52.0 Å². The topological polar surface area (TPSA) is 127 Å². The number of hydrogen-bond donors (Lipinski definition) is 4. The molecule has 0 radical (unpaired) electrons. The van der Waals surface area contributed by atoms with Crippen LogP contribution in [0.25, 0.3) is 0 Å². The van der Waals surface area contributed by atoms with Crippen LogP contribution in [0.15, 0.2) is 24.3 Å². The van der Waals surface area contributed by atoms with Crippen LogP contribution in [0.3, 0.4) is 0 Å². The molecule has 1 heterocycles. The number of hydrogen-bond acceptors (Lipinski definition) is 5. The second-order valence-electron chi connectivity index (χ2n) is 6.81. The van der Waals surface area contributed by atoms with Gasteiger partial charge in [-0.2, -0.15) is 0 Å². The number of nitrogens with one attached hydrogen (secondary N) is 1. The Labute approximate surface area is 157 Å². The smallest absolute Gasteiger partial charge is 0.418 e. The van der Waals surface area contributed by atoms with Gasteiger partial charge in [0.15, 0.2) is 0 Å². The Morgan fingerprint density at radius 1 is 1.22 bits per heavy atom. The number of anilines is 1. The molecule has 8 heteroatoms. The van der Waals surface area contributed by atoms with Crippen LogP contribution < -0.4 is 10.2 Å². The number of nitrogens with zero attached hydrogens (tertiary/aromatic N) is 1. The normalized spacial score (nSPS) is 18.4. The molecule has 27 heavy (non-hydrogen) atoms. The van der Waals surface area contributed by atoms with Crippen LogP contribution in [0, 0.1) is 5.92 Å². The Morgan fingerprint density at radius 3 is 2.33 bits per heavy atom. The van der Waals surface area contributed by atoms with Crippen LogP contribution in [0.5, 0.6) is 0 Å². The minimum atomic E-state index is -1.41. The predicted molar refractivity (Wildman–Crippen MR) is 98.4 cm³/mol. The molecule has 3 amide bonds.